The minimum absolute atomic E-state index is 0.720. The molecule has 0 amide bonds. The lowest BCUT2D eigenvalue weighted by Gasteiger charge is -1.98. The quantitative estimate of drug-likeness (QED) is 0.825. The van der Waals surface area contributed by atoms with Gasteiger partial charge in [-0.25, -0.2) is 4.98 Å². The first-order chi connectivity index (χ1) is 7.83. The van der Waals surface area contributed by atoms with Crippen LogP contribution in [0.3, 0.4) is 0 Å². The van der Waals surface area contributed by atoms with Crippen molar-refractivity contribution in [2.24, 2.45) is 0 Å². The van der Waals surface area contributed by atoms with Crippen molar-refractivity contribution in [2.45, 2.75) is 32.4 Å². The summed E-state index contributed by atoms with van der Waals surface area (Å²) in [5, 5.41) is 3.44. The van der Waals surface area contributed by atoms with Gasteiger partial charge in [-0.15, -0.1) is 0 Å². The number of aromatic nitrogens is 2. The van der Waals surface area contributed by atoms with Crippen LogP contribution in [0.5, 0.6) is 0 Å². The monoisotopic (exact) mass is 217 g/mol. The standard InChI is InChI=1S/C12H15N3O/c1-8-4-5-16-11(8)12-14-7-10(15-12)6-13-9-2-3-9/h4-5,7,9,13H,2-3,6H2,1H3,(H,14,15). The van der Waals surface area contributed by atoms with Gasteiger partial charge < -0.3 is 14.7 Å². The summed E-state index contributed by atoms with van der Waals surface area (Å²) in [5.41, 5.74) is 2.22. The molecule has 2 aromatic rings. The maximum absolute atomic E-state index is 5.39. The first kappa shape index (κ1) is 9.66. The predicted octanol–water partition coefficient (Wildman–Crippen LogP) is 2.23. The van der Waals surface area contributed by atoms with Gasteiger partial charge in [0.05, 0.1) is 12.5 Å². The van der Waals surface area contributed by atoms with Gasteiger partial charge >= 0.3 is 0 Å². The van der Waals surface area contributed by atoms with Crippen LogP contribution in [0.2, 0.25) is 0 Å². The Balaban J connectivity index is 1.74. The lowest BCUT2D eigenvalue weighted by atomic mass is 10.3. The third kappa shape index (κ3) is 1.88. The summed E-state index contributed by atoms with van der Waals surface area (Å²) < 4.78 is 5.39. The molecule has 0 atom stereocenters. The van der Waals surface area contributed by atoms with E-state index in [1.807, 2.05) is 19.2 Å². The van der Waals surface area contributed by atoms with Crippen LogP contribution in [-0.4, -0.2) is 16.0 Å². The molecule has 2 N–H and O–H groups in total. The van der Waals surface area contributed by atoms with Crippen LogP contribution in [0.25, 0.3) is 11.6 Å². The summed E-state index contributed by atoms with van der Waals surface area (Å²) in [4.78, 5) is 7.60. The van der Waals surface area contributed by atoms with Crippen molar-refractivity contribution >= 4 is 0 Å². The Kier molecular flexibility index (Phi) is 2.29. The number of aryl methyl sites for hydroxylation is 1. The minimum Gasteiger partial charge on any atom is -0.461 e. The average Bonchev–Trinajstić information content (AvgIpc) is 2.82. The molecule has 0 saturated heterocycles. The zero-order valence-electron chi connectivity index (χ0n) is 9.29. The molecule has 0 spiro atoms. The van der Waals surface area contributed by atoms with Crippen LogP contribution in [0.4, 0.5) is 0 Å². The van der Waals surface area contributed by atoms with Crippen molar-refractivity contribution in [1.82, 2.24) is 15.3 Å². The van der Waals surface area contributed by atoms with Crippen molar-refractivity contribution in [3.63, 3.8) is 0 Å². The first-order valence-electron chi connectivity index (χ1n) is 5.64. The second-order valence-corrected chi connectivity index (χ2v) is 4.34. The second-order valence-electron chi connectivity index (χ2n) is 4.34. The van der Waals surface area contributed by atoms with Crippen molar-refractivity contribution in [2.75, 3.05) is 0 Å². The van der Waals surface area contributed by atoms with Crippen LogP contribution in [0.1, 0.15) is 24.1 Å². The van der Waals surface area contributed by atoms with Gasteiger partial charge in [0.15, 0.2) is 11.6 Å². The molecule has 0 radical (unpaired) electrons. The number of hydrogen-bond donors (Lipinski definition) is 2. The summed E-state index contributed by atoms with van der Waals surface area (Å²) in [6.07, 6.45) is 6.17. The first-order valence-corrected chi connectivity index (χ1v) is 5.64. The van der Waals surface area contributed by atoms with Gasteiger partial charge in [0, 0.05) is 18.3 Å². The number of furan rings is 1. The Morgan fingerprint density at radius 2 is 2.44 bits per heavy atom. The molecule has 0 aromatic carbocycles. The number of H-pyrrole nitrogens is 1. The lowest BCUT2D eigenvalue weighted by Crippen LogP contribution is -2.15. The molecule has 4 heteroatoms. The smallest absolute Gasteiger partial charge is 0.174 e. The predicted molar refractivity (Wildman–Crippen MR) is 60.9 cm³/mol. The molecule has 4 nitrogen and oxygen atoms in total. The maximum atomic E-state index is 5.39. The zero-order chi connectivity index (χ0) is 11.0. The Bertz CT molecular complexity index is 482. The molecule has 0 unspecified atom stereocenters. The highest BCUT2D eigenvalue weighted by molar-refractivity contribution is 5.52. The van der Waals surface area contributed by atoms with E-state index in [2.05, 4.69) is 15.3 Å². The summed E-state index contributed by atoms with van der Waals surface area (Å²) >= 11 is 0. The highest BCUT2D eigenvalue weighted by Gasteiger charge is 2.20. The van der Waals surface area contributed by atoms with E-state index >= 15 is 0 Å². The maximum Gasteiger partial charge on any atom is 0.174 e. The van der Waals surface area contributed by atoms with Crippen LogP contribution >= 0.6 is 0 Å². The number of imidazole rings is 1. The lowest BCUT2D eigenvalue weighted by molar-refractivity contribution is 0.576. The van der Waals surface area contributed by atoms with E-state index < -0.39 is 0 Å². The van der Waals surface area contributed by atoms with Crippen LogP contribution < -0.4 is 5.32 Å². The number of nitrogens with zero attached hydrogens (tertiary/aromatic N) is 1. The van der Waals surface area contributed by atoms with Gasteiger partial charge in [-0.1, -0.05) is 0 Å². The largest absolute Gasteiger partial charge is 0.461 e. The minimum atomic E-state index is 0.720. The van der Waals surface area contributed by atoms with Gasteiger partial charge in [-0.05, 0) is 31.4 Å². The van der Waals surface area contributed by atoms with Crippen molar-refractivity contribution in [3.05, 3.63) is 29.8 Å². The molecular formula is C12H15N3O. The van der Waals surface area contributed by atoms with E-state index in [4.69, 9.17) is 4.42 Å². The molecule has 84 valence electrons. The van der Waals surface area contributed by atoms with Crippen molar-refractivity contribution in [1.29, 1.82) is 0 Å². The SMILES string of the molecule is Cc1ccoc1-c1ncc(CNC2CC2)[nH]1. The Morgan fingerprint density at radius 1 is 1.56 bits per heavy atom. The molecule has 2 aromatic heterocycles. The topological polar surface area (TPSA) is 53.9 Å². The fourth-order valence-electron chi connectivity index (χ4n) is 1.72. The van der Waals surface area contributed by atoms with Gasteiger partial charge in [0.25, 0.3) is 0 Å². The summed E-state index contributed by atoms with van der Waals surface area (Å²) in [6.45, 7) is 2.88. The van der Waals surface area contributed by atoms with Gasteiger partial charge in [0.1, 0.15) is 0 Å². The Hall–Kier alpha value is -1.55. The van der Waals surface area contributed by atoms with Crippen LogP contribution in [-0.2, 0) is 6.54 Å². The van der Waals surface area contributed by atoms with E-state index in [9.17, 15) is 0 Å². The fourth-order valence-corrected chi connectivity index (χ4v) is 1.72. The molecule has 1 aliphatic rings. The molecule has 3 rings (SSSR count). The summed E-state index contributed by atoms with van der Waals surface area (Å²) in [6, 6.07) is 2.66. The Labute approximate surface area is 94.1 Å². The van der Waals surface area contributed by atoms with Gasteiger partial charge in [-0.2, -0.15) is 0 Å². The van der Waals surface area contributed by atoms with E-state index in [-0.39, 0.29) is 0 Å². The van der Waals surface area contributed by atoms with Crippen LogP contribution in [0.15, 0.2) is 22.9 Å². The normalized spacial score (nSPS) is 15.6. The van der Waals surface area contributed by atoms with Crippen LogP contribution in [0, 0.1) is 6.92 Å². The fraction of sp³-hybridized carbons (Fsp3) is 0.417. The molecule has 1 fully saturated rings. The second kappa shape index (κ2) is 3.79. The molecule has 1 aliphatic carbocycles. The molecular weight excluding hydrogens is 202 g/mol. The van der Waals surface area contributed by atoms with E-state index in [0.717, 1.165) is 35.4 Å². The summed E-state index contributed by atoms with van der Waals surface area (Å²) in [5.74, 6) is 1.65. The molecule has 0 bridgehead atoms. The number of rotatable bonds is 4. The molecule has 1 saturated carbocycles. The number of aromatic amines is 1. The number of nitrogens with one attached hydrogen (secondary N) is 2. The van der Waals surface area contributed by atoms with Gasteiger partial charge in [0.2, 0.25) is 0 Å². The van der Waals surface area contributed by atoms with Gasteiger partial charge in [-0.3, -0.25) is 0 Å². The molecule has 2 heterocycles. The third-order valence-corrected chi connectivity index (χ3v) is 2.86. The summed E-state index contributed by atoms with van der Waals surface area (Å²) in [7, 11) is 0. The zero-order valence-corrected chi connectivity index (χ0v) is 9.29. The Morgan fingerprint density at radius 3 is 3.12 bits per heavy atom. The molecule has 0 aliphatic heterocycles. The molecule has 16 heavy (non-hydrogen) atoms. The third-order valence-electron chi connectivity index (χ3n) is 2.86. The number of hydrogen-bond acceptors (Lipinski definition) is 3. The average molecular weight is 217 g/mol. The van der Waals surface area contributed by atoms with Crippen molar-refractivity contribution < 1.29 is 4.42 Å². The van der Waals surface area contributed by atoms with E-state index in [0.29, 0.717) is 0 Å². The highest BCUT2D eigenvalue weighted by Crippen LogP contribution is 2.22. The van der Waals surface area contributed by atoms with Crippen molar-refractivity contribution in [3.8, 4) is 11.6 Å². The highest BCUT2D eigenvalue weighted by atomic mass is 16.3. The van der Waals surface area contributed by atoms with E-state index in [1.165, 1.54) is 12.8 Å². The van der Waals surface area contributed by atoms with E-state index in [1.54, 1.807) is 6.26 Å².